The van der Waals surface area contributed by atoms with Crippen molar-refractivity contribution in [1.29, 1.82) is 0 Å². The smallest absolute Gasteiger partial charge is 0.347 e. The molecule has 0 fully saturated rings. The van der Waals surface area contributed by atoms with E-state index >= 15 is 0 Å². The molecule has 6 nitrogen and oxygen atoms in total. The molecule has 0 unspecified atom stereocenters. The normalized spacial score (nSPS) is 10.8. The van der Waals surface area contributed by atoms with Crippen LogP contribution in [0.25, 0.3) is 10.6 Å². The molecule has 0 saturated carbocycles. The summed E-state index contributed by atoms with van der Waals surface area (Å²) in [6, 6.07) is 0. The van der Waals surface area contributed by atoms with E-state index in [9.17, 15) is 4.79 Å². The van der Waals surface area contributed by atoms with Crippen molar-refractivity contribution in [3.05, 3.63) is 22.0 Å². The molecular formula is C11H12N2O4S. The van der Waals surface area contributed by atoms with E-state index in [1.165, 1.54) is 7.11 Å². The Hall–Kier alpha value is -1.73. The second-order valence-corrected chi connectivity index (χ2v) is 4.73. The van der Waals surface area contributed by atoms with Crippen LogP contribution in [-0.2, 0) is 11.3 Å². The fourth-order valence-corrected chi connectivity index (χ4v) is 2.70. The summed E-state index contributed by atoms with van der Waals surface area (Å²) in [7, 11) is 1.50. The Bertz CT molecular complexity index is 568. The van der Waals surface area contributed by atoms with Gasteiger partial charge in [0, 0.05) is 7.11 Å². The molecule has 2 aromatic heterocycles. The standard InChI is InChI=1S/C11H12N2O4S/c1-5-8(6(2)17-13-5)10-12-7(4-16-3)9(18-10)11(14)15/h4H2,1-3H3,(H,14,15). The first-order chi connectivity index (χ1) is 8.54. The molecule has 0 radical (unpaired) electrons. The first kappa shape index (κ1) is 12.7. The van der Waals surface area contributed by atoms with Crippen LogP contribution in [0.15, 0.2) is 4.52 Å². The maximum atomic E-state index is 11.1. The number of rotatable bonds is 4. The quantitative estimate of drug-likeness (QED) is 0.915. The summed E-state index contributed by atoms with van der Waals surface area (Å²) >= 11 is 1.10. The Morgan fingerprint density at radius 1 is 1.50 bits per heavy atom. The Labute approximate surface area is 107 Å². The molecule has 1 N–H and O–H groups in total. The average Bonchev–Trinajstić information content (AvgIpc) is 2.84. The van der Waals surface area contributed by atoms with Crippen molar-refractivity contribution in [3.63, 3.8) is 0 Å². The molecular weight excluding hydrogens is 256 g/mol. The van der Waals surface area contributed by atoms with Gasteiger partial charge in [-0.3, -0.25) is 0 Å². The van der Waals surface area contributed by atoms with E-state index in [2.05, 4.69) is 10.1 Å². The number of ether oxygens (including phenoxy) is 1. The summed E-state index contributed by atoms with van der Waals surface area (Å²) in [6.45, 7) is 3.73. The van der Waals surface area contributed by atoms with Crippen LogP contribution in [0.1, 0.15) is 26.8 Å². The van der Waals surface area contributed by atoms with E-state index in [0.29, 0.717) is 22.2 Å². The van der Waals surface area contributed by atoms with Crippen molar-refractivity contribution >= 4 is 17.3 Å². The molecule has 0 bridgehead atoms. The highest BCUT2D eigenvalue weighted by Gasteiger charge is 2.21. The second-order valence-electron chi connectivity index (χ2n) is 3.73. The third-order valence-electron chi connectivity index (χ3n) is 2.42. The van der Waals surface area contributed by atoms with Crippen molar-refractivity contribution in [1.82, 2.24) is 10.1 Å². The molecule has 0 atom stereocenters. The minimum absolute atomic E-state index is 0.168. The summed E-state index contributed by atoms with van der Waals surface area (Å²) in [4.78, 5) is 15.6. The molecule has 7 heteroatoms. The minimum Gasteiger partial charge on any atom is -0.477 e. The van der Waals surface area contributed by atoms with Crippen molar-refractivity contribution in [2.45, 2.75) is 20.5 Å². The van der Waals surface area contributed by atoms with Gasteiger partial charge in [-0.2, -0.15) is 0 Å². The average molecular weight is 268 g/mol. The number of aryl methyl sites for hydroxylation is 2. The number of carbonyl (C=O) groups is 1. The van der Waals surface area contributed by atoms with Gasteiger partial charge in [-0.25, -0.2) is 9.78 Å². The molecule has 2 rings (SSSR count). The number of carboxylic acid groups (broad SMARTS) is 1. The summed E-state index contributed by atoms with van der Waals surface area (Å²) in [5, 5.41) is 13.5. The Balaban J connectivity index is 2.53. The lowest BCUT2D eigenvalue weighted by Gasteiger charge is -1.94. The number of aromatic nitrogens is 2. The zero-order valence-electron chi connectivity index (χ0n) is 10.2. The summed E-state index contributed by atoms with van der Waals surface area (Å²) < 4.78 is 10.0. The van der Waals surface area contributed by atoms with Gasteiger partial charge in [-0.15, -0.1) is 11.3 Å². The highest BCUT2D eigenvalue weighted by atomic mass is 32.1. The molecule has 0 spiro atoms. The molecule has 96 valence electrons. The van der Waals surface area contributed by atoms with Gasteiger partial charge in [0.05, 0.1) is 23.6 Å². The van der Waals surface area contributed by atoms with Crippen LogP contribution < -0.4 is 0 Å². The summed E-state index contributed by atoms with van der Waals surface area (Å²) in [5.74, 6) is -0.375. The first-order valence-corrected chi connectivity index (χ1v) is 6.01. The molecule has 0 aliphatic carbocycles. The number of nitrogens with zero attached hydrogens (tertiary/aromatic N) is 2. The number of carboxylic acids is 1. The lowest BCUT2D eigenvalue weighted by molar-refractivity contribution is 0.0697. The maximum absolute atomic E-state index is 11.1. The predicted octanol–water partition coefficient (Wildman–Crippen LogP) is 2.26. The highest BCUT2D eigenvalue weighted by molar-refractivity contribution is 7.17. The maximum Gasteiger partial charge on any atom is 0.347 e. The van der Waals surface area contributed by atoms with Gasteiger partial charge in [0.1, 0.15) is 15.6 Å². The lowest BCUT2D eigenvalue weighted by Crippen LogP contribution is -1.99. The second kappa shape index (κ2) is 4.87. The molecule has 0 saturated heterocycles. The van der Waals surface area contributed by atoms with Crippen molar-refractivity contribution in [2.75, 3.05) is 7.11 Å². The van der Waals surface area contributed by atoms with Crippen LogP contribution in [0, 0.1) is 13.8 Å². The monoisotopic (exact) mass is 268 g/mol. The molecule has 2 heterocycles. The molecule has 0 aliphatic rings. The Kier molecular flexibility index (Phi) is 3.44. The minimum atomic E-state index is -1.00. The van der Waals surface area contributed by atoms with Gasteiger partial charge < -0.3 is 14.4 Å². The highest BCUT2D eigenvalue weighted by Crippen LogP contribution is 2.32. The van der Waals surface area contributed by atoms with E-state index in [0.717, 1.165) is 16.9 Å². The Morgan fingerprint density at radius 3 is 2.72 bits per heavy atom. The van der Waals surface area contributed by atoms with Crippen LogP contribution in [0.5, 0.6) is 0 Å². The fourth-order valence-electron chi connectivity index (χ4n) is 1.65. The van der Waals surface area contributed by atoms with Gasteiger partial charge in [0.15, 0.2) is 0 Å². The van der Waals surface area contributed by atoms with Crippen LogP contribution >= 0.6 is 11.3 Å². The molecule has 0 aromatic carbocycles. The van der Waals surface area contributed by atoms with Gasteiger partial charge in [0.2, 0.25) is 0 Å². The predicted molar refractivity (Wildman–Crippen MR) is 64.8 cm³/mol. The lowest BCUT2D eigenvalue weighted by atomic mass is 10.2. The van der Waals surface area contributed by atoms with Crippen LogP contribution in [-0.4, -0.2) is 28.3 Å². The third-order valence-corrected chi connectivity index (χ3v) is 3.52. The van der Waals surface area contributed by atoms with E-state index < -0.39 is 5.97 Å². The van der Waals surface area contributed by atoms with Gasteiger partial charge in [-0.05, 0) is 13.8 Å². The molecule has 2 aromatic rings. The summed E-state index contributed by atoms with van der Waals surface area (Å²) in [5.41, 5.74) is 1.87. The Morgan fingerprint density at radius 2 is 2.22 bits per heavy atom. The SMILES string of the molecule is COCc1nc(-c2c(C)noc2C)sc1C(=O)O. The number of methoxy groups -OCH3 is 1. The van der Waals surface area contributed by atoms with E-state index in [1.807, 2.05) is 0 Å². The molecule has 18 heavy (non-hydrogen) atoms. The van der Waals surface area contributed by atoms with Gasteiger partial charge >= 0.3 is 5.97 Å². The van der Waals surface area contributed by atoms with Crippen LogP contribution in [0.2, 0.25) is 0 Å². The molecule has 0 aliphatic heterocycles. The number of hydrogen-bond acceptors (Lipinski definition) is 6. The topological polar surface area (TPSA) is 85.5 Å². The first-order valence-electron chi connectivity index (χ1n) is 5.19. The zero-order valence-corrected chi connectivity index (χ0v) is 11.0. The van der Waals surface area contributed by atoms with E-state index in [-0.39, 0.29) is 11.5 Å². The molecule has 0 amide bonds. The largest absolute Gasteiger partial charge is 0.477 e. The van der Waals surface area contributed by atoms with Crippen molar-refractivity contribution in [2.24, 2.45) is 0 Å². The third kappa shape index (κ3) is 2.14. The van der Waals surface area contributed by atoms with Crippen molar-refractivity contribution in [3.8, 4) is 10.6 Å². The zero-order chi connectivity index (χ0) is 13.3. The van der Waals surface area contributed by atoms with Gasteiger partial charge in [-0.1, -0.05) is 5.16 Å². The number of hydrogen-bond donors (Lipinski definition) is 1. The fraction of sp³-hybridized carbons (Fsp3) is 0.364. The van der Waals surface area contributed by atoms with Gasteiger partial charge in [0.25, 0.3) is 0 Å². The van der Waals surface area contributed by atoms with E-state index in [1.54, 1.807) is 13.8 Å². The van der Waals surface area contributed by atoms with Crippen LogP contribution in [0.3, 0.4) is 0 Å². The van der Waals surface area contributed by atoms with Crippen LogP contribution in [0.4, 0.5) is 0 Å². The number of aromatic carboxylic acids is 1. The number of thiazole rings is 1. The van der Waals surface area contributed by atoms with Crippen molar-refractivity contribution < 1.29 is 19.2 Å². The van der Waals surface area contributed by atoms with E-state index in [4.69, 9.17) is 14.4 Å². The summed E-state index contributed by atoms with van der Waals surface area (Å²) in [6.07, 6.45) is 0.